The summed E-state index contributed by atoms with van der Waals surface area (Å²) in [6.07, 6.45) is 3.95. The maximum absolute atomic E-state index is 14.1. The summed E-state index contributed by atoms with van der Waals surface area (Å²) >= 11 is 0. The van der Waals surface area contributed by atoms with Crippen LogP contribution in [0.5, 0.6) is 11.5 Å². The van der Waals surface area contributed by atoms with Crippen molar-refractivity contribution in [3.63, 3.8) is 0 Å². The third kappa shape index (κ3) is 5.54. The van der Waals surface area contributed by atoms with Crippen LogP contribution in [0.2, 0.25) is 0 Å². The average Bonchev–Trinajstić information content (AvgIpc) is 2.98. The lowest BCUT2D eigenvalue weighted by Crippen LogP contribution is -2.50. The van der Waals surface area contributed by atoms with Crippen LogP contribution in [-0.2, 0) is 16.0 Å². The van der Waals surface area contributed by atoms with Crippen molar-refractivity contribution >= 4 is 17.5 Å². The van der Waals surface area contributed by atoms with Gasteiger partial charge in [0.05, 0.1) is 26.2 Å². The first-order chi connectivity index (χ1) is 18.6. The predicted molar refractivity (Wildman–Crippen MR) is 148 cm³/mol. The largest absolute Gasteiger partial charge is 0.497 e. The number of methoxy groups -OCH3 is 2. The third-order valence-corrected chi connectivity index (χ3v) is 8.02. The number of anilines is 1. The van der Waals surface area contributed by atoms with Gasteiger partial charge in [0.25, 0.3) is 0 Å². The van der Waals surface area contributed by atoms with Gasteiger partial charge in [0.15, 0.2) is 0 Å². The summed E-state index contributed by atoms with van der Waals surface area (Å²) in [6.45, 7) is 1.53. The van der Waals surface area contributed by atoms with Crippen LogP contribution in [0.25, 0.3) is 0 Å². The van der Waals surface area contributed by atoms with Crippen LogP contribution in [-0.4, -0.2) is 44.0 Å². The summed E-state index contributed by atoms with van der Waals surface area (Å²) in [5, 5.41) is 0. The van der Waals surface area contributed by atoms with E-state index in [1.165, 1.54) is 5.56 Å². The molecule has 2 atom stereocenters. The van der Waals surface area contributed by atoms with E-state index >= 15 is 0 Å². The van der Waals surface area contributed by atoms with E-state index in [9.17, 15) is 9.59 Å². The Kier molecular flexibility index (Phi) is 7.97. The molecule has 0 aliphatic carbocycles. The molecule has 198 valence electrons. The third-order valence-electron chi connectivity index (χ3n) is 8.02. The minimum atomic E-state index is -0.384. The summed E-state index contributed by atoms with van der Waals surface area (Å²) in [6, 6.07) is 25.5. The van der Waals surface area contributed by atoms with Gasteiger partial charge in [-0.3, -0.25) is 9.59 Å². The molecule has 0 N–H and O–H groups in total. The Balaban J connectivity index is 1.38. The van der Waals surface area contributed by atoms with Crippen molar-refractivity contribution in [3.8, 4) is 11.5 Å². The topological polar surface area (TPSA) is 59.1 Å². The lowest BCUT2D eigenvalue weighted by Gasteiger charge is -2.43. The van der Waals surface area contributed by atoms with Gasteiger partial charge in [-0.1, -0.05) is 42.5 Å². The Morgan fingerprint density at radius 1 is 0.816 bits per heavy atom. The second-order valence-corrected chi connectivity index (χ2v) is 10.3. The summed E-state index contributed by atoms with van der Waals surface area (Å²) in [5.41, 5.74) is 3.07. The van der Waals surface area contributed by atoms with Crippen molar-refractivity contribution in [1.29, 1.82) is 0 Å². The first-order valence-corrected chi connectivity index (χ1v) is 13.5. The number of carbonyl (C=O) groups excluding carboxylic acids is 2. The van der Waals surface area contributed by atoms with Gasteiger partial charge >= 0.3 is 0 Å². The zero-order valence-electron chi connectivity index (χ0n) is 22.2. The zero-order chi connectivity index (χ0) is 26.5. The minimum Gasteiger partial charge on any atom is -0.497 e. The number of hydrogen-bond donors (Lipinski definition) is 0. The highest BCUT2D eigenvalue weighted by molar-refractivity contribution is 5.97. The number of piperidine rings is 2. The number of likely N-dealkylation sites (tertiary alicyclic amines) is 1. The molecule has 5 rings (SSSR count). The van der Waals surface area contributed by atoms with E-state index in [4.69, 9.17) is 9.47 Å². The molecule has 0 saturated carbocycles. The van der Waals surface area contributed by atoms with E-state index in [1.807, 2.05) is 64.4 Å². The fourth-order valence-electron chi connectivity index (χ4n) is 5.92. The number of hydrogen-bond acceptors (Lipinski definition) is 4. The van der Waals surface area contributed by atoms with Crippen molar-refractivity contribution in [2.24, 2.45) is 11.8 Å². The maximum atomic E-state index is 14.1. The molecule has 2 amide bonds. The molecule has 2 saturated heterocycles. The molecule has 2 aliphatic heterocycles. The Hall–Kier alpha value is -3.80. The monoisotopic (exact) mass is 512 g/mol. The quantitative estimate of drug-likeness (QED) is 0.409. The first kappa shape index (κ1) is 25.8. The van der Waals surface area contributed by atoms with Gasteiger partial charge in [0.2, 0.25) is 11.8 Å². The van der Waals surface area contributed by atoms with Crippen molar-refractivity contribution in [2.45, 2.75) is 38.1 Å². The van der Waals surface area contributed by atoms with E-state index in [0.29, 0.717) is 18.8 Å². The maximum Gasteiger partial charge on any atom is 0.228 e. The predicted octanol–water partition coefficient (Wildman–Crippen LogP) is 5.67. The Morgan fingerprint density at radius 3 is 2.03 bits per heavy atom. The van der Waals surface area contributed by atoms with Crippen LogP contribution >= 0.6 is 0 Å². The van der Waals surface area contributed by atoms with Crippen LogP contribution in [0.1, 0.15) is 42.9 Å². The van der Waals surface area contributed by atoms with Crippen LogP contribution < -0.4 is 14.4 Å². The molecule has 2 aliphatic rings. The summed E-state index contributed by atoms with van der Waals surface area (Å²) < 4.78 is 10.7. The summed E-state index contributed by atoms with van der Waals surface area (Å²) in [4.78, 5) is 31.3. The second kappa shape index (κ2) is 11.7. The smallest absolute Gasteiger partial charge is 0.228 e. The number of ether oxygens (including phenoxy) is 2. The molecule has 2 heterocycles. The van der Waals surface area contributed by atoms with Crippen LogP contribution in [0.4, 0.5) is 5.69 Å². The molecule has 38 heavy (non-hydrogen) atoms. The highest BCUT2D eigenvalue weighted by Gasteiger charge is 2.43. The van der Waals surface area contributed by atoms with Crippen molar-refractivity contribution in [3.05, 3.63) is 90.0 Å². The van der Waals surface area contributed by atoms with Gasteiger partial charge in [0.1, 0.15) is 11.5 Å². The van der Waals surface area contributed by atoms with Gasteiger partial charge in [0, 0.05) is 25.2 Å². The number of rotatable bonds is 7. The molecule has 0 aromatic heterocycles. The molecule has 2 fully saturated rings. The van der Waals surface area contributed by atoms with E-state index in [1.54, 1.807) is 14.2 Å². The molecule has 0 spiro atoms. The highest BCUT2D eigenvalue weighted by Crippen LogP contribution is 2.42. The van der Waals surface area contributed by atoms with Crippen LogP contribution in [0.3, 0.4) is 0 Å². The van der Waals surface area contributed by atoms with Crippen LogP contribution in [0.15, 0.2) is 78.9 Å². The Labute approximate surface area is 225 Å². The highest BCUT2D eigenvalue weighted by atomic mass is 16.5. The Morgan fingerprint density at radius 2 is 1.42 bits per heavy atom. The van der Waals surface area contributed by atoms with Gasteiger partial charge < -0.3 is 19.3 Å². The standard InChI is InChI=1S/C32H36N2O4/c1-37-27-12-8-25(9-13-27)31-29(16-17-30(35)34(31)26-10-14-28(38-2)15-11-26)32(36)33-20-18-24(19-21-33)22-23-6-4-3-5-7-23/h3-15,24,29,31H,16-22H2,1-2H3/t29-,31-/m1/s1. The van der Waals surface area contributed by atoms with Crippen molar-refractivity contribution < 1.29 is 19.1 Å². The molecule has 3 aromatic carbocycles. The zero-order valence-corrected chi connectivity index (χ0v) is 22.2. The lowest BCUT2D eigenvalue weighted by molar-refractivity contribution is -0.139. The minimum absolute atomic E-state index is 0.0293. The molecular formula is C32H36N2O4. The molecule has 6 nitrogen and oxygen atoms in total. The molecule has 0 unspecified atom stereocenters. The SMILES string of the molecule is COc1ccc([C@@H]2[C@H](C(=O)N3CCC(Cc4ccccc4)CC3)CCC(=O)N2c2ccc(OC)cc2)cc1. The first-order valence-electron chi connectivity index (χ1n) is 13.5. The number of benzene rings is 3. The van der Waals surface area contributed by atoms with Crippen LogP contribution in [0, 0.1) is 11.8 Å². The fraction of sp³-hybridized carbons (Fsp3) is 0.375. The molecule has 0 radical (unpaired) electrons. The normalized spacial score (nSPS) is 20.3. The van der Waals surface area contributed by atoms with E-state index in [-0.39, 0.29) is 23.8 Å². The van der Waals surface area contributed by atoms with E-state index in [0.717, 1.165) is 55.1 Å². The average molecular weight is 513 g/mol. The number of nitrogens with zero attached hydrogens (tertiary/aromatic N) is 2. The second-order valence-electron chi connectivity index (χ2n) is 10.3. The van der Waals surface area contributed by atoms with Gasteiger partial charge in [-0.2, -0.15) is 0 Å². The molecule has 0 bridgehead atoms. The summed E-state index contributed by atoms with van der Waals surface area (Å²) in [5.74, 6) is 1.92. The van der Waals surface area contributed by atoms with Crippen molar-refractivity contribution in [2.75, 3.05) is 32.2 Å². The van der Waals surface area contributed by atoms with E-state index < -0.39 is 0 Å². The molecule has 6 heteroatoms. The fourth-order valence-corrected chi connectivity index (χ4v) is 5.92. The van der Waals surface area contributed by atoms with E-state index in [2.05, 4.69) is 24.3 Å². The number of amides is 2. The summed E-state index contributed by atoms with van der Waals surface area (Å²) in [7, 11) is 3.26. The van der Waals surface area contributed by atoms with Gasteiger partial charge in [-0.15, -0.1) is 0 Å². The number of carbonyl (C=O) groups is 2. The van der Waals surface area contributed by atoms with Gasteiger partial charge in [-0.05, 0) is 79.1 Å². The molecular weight excluding hydrogens is 476 g/mol. The van der Waals surface area contributed by atoms with Gasteiger partial charge in [-0.25, -0.2) is 0 Å². The lowest BCUT2D eigenvalue weighted by atomic mass is 9.82. The molecule has 3 aromatic rings. The van der Waals surface area contributed by atoms with Crippen molar-refractivity contribution in [1.82, 2.24) is 4.90 Å². The Bertz CT molecular complexity index is 1220.